The van der Waals surface area contributed by atoms with Crippen molar-refractivity contribution in [2.24, 2.45) is 5.92 Å². The van der Waals surface area contributed by atoms with Crippen LogP contribution in [0.5, 0.6) is 0 Å². The first-order valence-electron chi connectivity index (χ1n) is 3.66. The molecule has 0 radical (unpaired) electrons. The molecule has 54 valence electrons. The summed E-state index contributed by atoms with van der Waals surface area (Å²) in [6, 6.07) is 2.09. The predicted molar refractivity (Wildman–Crippen MR) is 44.9 cm³/mol. The van der Waals surface area contributed by atoms with Crippen LogP contribution in [0.1, 0.15) is 12.8 Å². The molecular weight excluding hydrogens is 190 g/mol. The molecule has 0 N–H and O–H groups in total. The van der Waals surface area contributed by atoms with E-state index in [9.17, 15) is 0 Å². The summed E-state index contributed by atoms with van der Waals surface area (Å²) in [5.74, 6) is 0.972. The second kappa shape index (κ2) is 2.42. The van der Waals surface area contributed by atoms with Gasteiger partial charge in [-0.25, -0.2) is 0 Å². The van der Waals surface area contributed by atoms with E-state index in [2.05, 4.69) is 39.0 Å². The fourth-order valence-corrected chi connectivity index (χ4v) is 1.50. The van der Waals surface area contributed by atoms with Crippen molar-refractivity contribution in [1.29, 1.82) is 0 Å². The summed E-state index contributed by atoms with van der Waals surface area (Å²) in [6.07, 6.45) is 7.12. The van der Waals surface area contributed by atoms with E-state index in [-0.39, 0.29) is 0 Å². The number of hydrogen-bond acceptors (Lipinski definition) is 0. The molecule has 1 aliphatic carbocycles. The Hall–Kier alpha value is -0.240. The van der Waals surface area contributed by atoms with Crippen LogP contribution in [0.2, 0.25) is 0 Å². The zero-order chi connectivity index (χ0) is 6.97. The minimum atomic E-state index is 0.972. The molecule has 0 bridgehead atoms. The van der Waals surface area contributed by atoms with Crippen LogP contribution in [0, 0.1) is 5.92 Å². The minimum absolute atomic E-state index is 0.972. The quantitative estimate of drug-likeness (QED) is 0.691. The maximum absolute atomic E-state index is 3.42. The van der Waals surface area contributed by atoms with Gasteiger partial charge in [0.2, 0.25) is 0 Å². The average Bonchev–Trinajstić information content (AvgIpc) is 2.59. The van der Waals surface area contributed by atoms with Gasteiger partial charge in [-0.15, -0.1) is 0 Å². The van der Waals surface area contributed by atoms with E-state index < -0.39 is 0 Å². The van der Waals surface area contributed by atoms with Crippen molar-refractivity contribution in [1.82, 2.24) is 4.57 Å². The summed E-state index contributed by atoms with van der Waals surface area (Å²) in [7, 11) is 0. The van der Waals surface area contributed by atoms with Crippen LogP contribution in [0.15, 0.2) is 22.9 Å². The molecular formula is C8H10BrN. The summed E-state index contributed by atoms with van der Waals surface area (Å²) in [4.78, 5) is 0. The molecule has 1 aromatic heterocycles. The zero-order valence-corrected chi connectivity index (χ0v) is 7.34. The van der Waals surface area contributed by atoms with E-state index in [1.165, 1.54) is 23.9 Å². The number of rotatable bonds is 2. The third kappa shape index (κ3) is 1.43. The highest BCUT2D eigenvalue weighted by Crippen LogP contribution is 2.30. The van der Waals surface area contributed by atoms with E-state index in [4.69, 9.17) is 0 Å². The molecule has 1 fully saturated rings. The SMILES string of the molecule is Brc1ccn(CC2CC2)c1. The van der Waals surface area contributed by atoms with Gasteiger partial charge in [-0.2, -0.15) is 0 Å². The van der Waals surface area contributed by atoms with Gasteiger partial charge in [-0.1, -0.05) is 0 Å². The van der Waals surface area contributed by atoms with Gasteiger partial charge < -0.3 is 4.57 Å². The van der Waals surface area contributed by atoms with Crippen LogP contribution in [-0.2, 0) is 6.54 Å². The topological polar surface area (TPSA) is 4.93 Å². The van der Waals surface area contributed by atoms with Gasteiger partial charge in [-0.05, 0) is 40.8 Å². The number of halogens is 1. The van der Waals surface area contributed by atoms with Crippen LogP contribution < -0.4 is 0 Å². The summed E-state index contributed by atoms with van der Waals surface area (Å²) in [5.41, 5.74) is 0. The Morgan fingerprint density at radius 2 is 2.40 bits per heavy atom. The fourth-order valence-electron chi connectivity index (χ4n) is 1.12. The number of nitrogens with zero attached hydrogens (tertiary/aromatic N) is 1. The van der Waals surface area contributed by atoms with Gasteiger partial charge in [0.15, 0.2) is 0 Å². The highest BCUT2D eigenvalue weighted by Gasteiger charge is 2.21. The largest absolute Gasteiger partial charge is 0.353 e. The van der Waals surface area contributed by atoms with Gasteiger partial charge >= 0.3 is 0 Å². The van der Waals surface area contributed by atoms with Crippen molar-refractivity contribution in [3.63, 3.8) is 0 Å². The molecule has 0 spiro atoms. The Kier molecular flexibility index (Phi) is 1.57. The highest BCUT2D eigenvalue weighted by atomic mass is 79.9. The Balaban J connectivity index is 2.03. The molecule has 0 atom stereocenters. The maximum atomic E-state index is 3.42. The van der Waals surface area contributed by atoms with Crippen molar-refractivity contribution in [2.45, 2.75) is 19.4 Å². The normalized spacial score (nSPS) is 17.7. The Bertz CT molecular complexity index is 225. The second-order valence-corrected chi connectivity index (χ2v) is 3.89. The van der Waals surface area contributed by atoms with Crippen molar-refractivity contribution >= 4 is 15.9 Å². The Morgan fingerprint density at radius 3 is 2.90 bits per heavy atom. The third-order valence-electron chi connectivity index (χ3n) is 1.88. The predicted octanol–water partition coefficient (Wildman–Crippen LogP) is 2.66. The van der Waals surface area contributed by atoms with Gasteiger partial charge in [0.05, 0.1) is 0 Å². The lowest BCUT2D eigenvalue weighted by Gasteiger charge is -1.97. The first-order valence-corrected chi connectivity index (χ1v) is 4.45. The van der Waals surface area contributed by atoms with Crippen LogP contribution in [0.3, 0.4) is 0 Å². The van der Waals surface area contributed by atoms with E-state index >= 15 is 0 Å². The van der Waals surface area contributed by atoms with Crippen LogP contribution in [-0.4, -0.2) is 4.57 Å². The summed E-state index contributed by atoms with van der Waals surface area (Å²) in [6.45, 7) is 1.21. The molecule has 1 nitrogen and oxygen atoms in total. The lowest BCUT2D eigenvalue weighted by Crippen LogP contribution is -1.94. The van der Waals surface area contributed by atoms with Gasteiger partial charge in [-0.3, -0.25) is 0 Å². The smallest absolute Gasteiger partial charge is 0.0351 e. The van der Waals surface area contributed by atoms with Crippen molar-refractivity contribution < 1.29 is 0 Å². The molecule has 0 unspecified atom stereocenters. The van der Waals surface area contributed by atoms with Crippen molar-refractivity contribution in [3.05, 3.63) is 22.9 Å². The summed E-state index contributed by atoms with van der Waals surface area (Å²) < 4.78 is 3.44. The van der Waals surface area contributed by atoms with Crippen molar-refractivity contribution in [3.8, 4) is 0 Å². The van der Waals surface area contributed by atoms with Crippen LogP contribution in [0.4, 0.5) is 0 Å². The van der Waals surface area contributed by atoms with E-state index in [0.717, 1.165) is 5.92 Å². The molecule has 2 heteroatoms. The van der Waals surface area contributed by atoms with Gasteiger partial charge in [0.1, 0.15) is 0 Å². The summed E-state index contributed by atoms with van der Waals surface area (Å²) >= 11 is 3.42. The van der Waals surface area contributed by atoms with Crippen molar-refractivity contribution in [2.75, 3.05) is 0 Å². The maximum Gasteiger partial charge on any atom is 0.0351 e. The highest BCUT2D eigenvalue weighted by molar-refractivity contribution is 9.10. The average molecular weight is 200 g/mol. The third-order valence-corrected chi connectivity index (χ3v) is 2.35. The first-order chi connectivity index (χ1) is 4.84. The lowest BCUT2D eigenvalue weighted by atomic mass is 10.4. The molecule has 2 rings (SSSR count). The number of hydrogen-bond donors (Lipinski definition) is 0. The molecule has 1 aromatic rings. The van der Waals surface area contributed by atoms with E-state index in [1.807, 2.05) is 0 Å². The standard InChI is InChI=1S/C8H10BrN/c9-8-3-4-10(6-8)5-7-1-2-7/h3-4,6-7H,1-2,5H2. The molecule has 0 aliphatic heterocycles. The van der Waals surface area contributed by atoms with Crippen LogP contribution in [0.25, 0.3) is 0 Å². The molecule has 0 amide bonds. The molecule has 1 saturated carbocycles. The molecule has 1 heterocycles. The minimum Gasteiger partial charge on any atom is -0.353 e. The molecule has 1 aliphatic rings. The van der Waals surface area contributed by atoms with Gasteiger partial charge in [0.25, 0.3) is 0 Å². The molecule has 0 saturated heterocycles. The molecule has 0 aromatic carbocycles. The Morgan fingerprint density at radius 1 is 1.60 bits per heavy atom. The number of aromatic nitrogens is 1. The van der Waals surface area contributed by atoms with E-state index in [0.29, 0.717) is 0 Å². The first kappa shape index (κ1) is 6.47. The molecule has 10 heavy (non-hydrogen) atoms. The lowest BCUT2D eigenvalue weighted by molar-refractivity contribution is 0.630. The van der Waals surface area contributed by atoms with Crippen LogP contribution >= 0.6 is 15.9 Å². The second-order valence-electron chi connectivity index (χ2n) is 2.97. The monoisotopic (exact) mass is 199 g/mol. The fraction of sp³-hybridized carbons (Fsp3) is 0.500. The zero-order valence-electron chi connectivity index (χ0n) is 5.76. The van der Waals surface area contributed by atoms with Gasteiger partial charge in [0, 0.05) is 23.4 Å². The van der Waals surface area contributed by atoms with E-state index in [1.54, 1.807) is 0 Å². The Labute approximate surface area is 69.2 Å². The summed E-state index contributed by atoms with van der Waals surface area (Å²) in [5, 5.41) is 0.